The number of allylic oxidation sites excluding steroid dienone is 2. The second-order valence-electron chi connectivity index (χ2n) is 8.59. The van der Waals surface area contributed by atoms with Gasteiger partial charge in [0.25, 0.3) is 5.91 Å². The van der Waals surface area contributed by atoms with Crippen molar-refractivity contribution < 1.29 is 28.7 Å². The third kappa shape index (κ3) is 3.60. The van der Waals surface area contributed by atoms with Crippen LogP contribution in [0, 0.1) is 29.6 Å². The number of anilines is 1. The van der Waals surface area contributed by atoms with E-state index in [0.717, 1.165) is 11.3 Å². The third-order valence-electron chi connectivity index (χ3n) is 6.38. The predicted octanol–water partition coefficient (Wildman–Crippen LogP) is 2.01. The van der Waals surface area contributed by atoms with Crippen LogP contribution in [-0.4, -0.2) is 48.3 Å². The molecule has 3 aliphatic rings. The van der Waals surface area contributed by atoms with Gasteiger partial charge in [-0.15, -0.1) is 0 Å². The summed E-state index contributed by atoms with van der Waals surface area (Å²) in [6, 6.07) is 5.81. The maximum Gasteiger partial charge on any atom is 0.330 e. The van der Waals surface area contributed by atoms with Crippen LogP contribution in [0.4, 0.5) is 5.69 Å². The fourth-order valence-corrected chi connectivity index (χ4v) is 5.03. The van der Waals surface area contributed by atoms with E-state index in [9.17, 15) is 19.2 Å². The summed E-state index contributed by atoms with van der Waals surface area (Å²) in [5.41, 5.74) is 0.451. The van der Waals surface area contributed by atoms with Crippen molar-refractivity contribution in [2.75, 3.05) is 19.0 Å². The first-order valence-electron chi connectivity index (χ1n) is 10.5. The second kappa shape index (κ2) is 8.17. The Morgan fingerprint density at radius 1 is 1.10 bits per heavy atom. The van der Waals surface area contributed by atoms with Crippen LogP contribution in [-0.2, 0) is 23.9 Å². The molecule has 1 aliphatic heterocycles. The molecule has 4 rings (SSSR count). The van der Waals surface area contributed by atoms with Crippen molar-refractivity contribution in [3.63, 3.8) is 0 Å². The first-order valence-corrected chi connectivity index (χ1v) is 10.5. The number of likely N-dealkylation sites (tertiary alicyclic amines) is 1. The van der Waals surface area contributed by atoms with Gasteiger partial charge in [-0.3, -0.25) is 19.3 Å². The third-order valence-corrected chi connectivity index (χ3v) is 6.38. The quantitative estimate of drug-likeness (QED) is 0.407. The molecule has 1 N–H and O–H groups in total. The lowest BCUT2D eigenvalue weighted by Gasteiger charge is -2.28. The number of amides is 3. The van der Waals surface area contributed by atoms with E-state index in [2.05, 4.69) is 5.32 Å². The minimum atomic E-state index is -1.05. The molecule has 0 radical (unpaired) electrons. The molecule has 1 saturated heterocycles. The average molecular weight is 426 g/mol. The summed E-state index contributed by atoms with van der Waals surface area (Å²) in [5, 5.41) is 2.63. The van der Waals surface area contributed by atoms with Crippen molar-refractivity contribution in [1.29, 1.82) is 0 Å². The van der Waals surface area contributed by atoms with Crippen LogP contribution in [0.2, 0.25) is 0 Å². The fraction of sp³-hybridized carbons (Fsp3) is 0.478. The van der Waals surface area contributed by atoms with Crippen molar-refractivity contribution in [3.8, 4) is 5.75 Å². The van der Waals surface area contributed by atoms with Gasteiger partial charge in [0, 0.05) is 0 Å². The Morgan fingerprint density at radius 3 is 2.29 bits per heavy atom. The normalized spacial score (nSPS) is 26.9. The number of benzene rings is 1. The highest BCUT2D eigenvalue weighted by atomic mass is 16.5. The Bertz CT molecular complexity index is 925. The number of rotatable bonds is 7. The second-order valence-corrected chi connectivity index (χ2v) is 8.59. The van der Waals surface area contributed by atoms with Gasteiger partial charge in [-0.1, -0.05) is 38.1 Å². The number of fused-ring (bicyclic) bond motifs is 5. The number of nitrogens with one attached hydrogen (secondary N) is 1. The van der Waals surface area contributed by atoms with E-state index < -0.39 is 24.5 Å². The Labute approximate surface area is 180 Å². The minimum absolute atomic E-state index is 0.0620. The zero-order valence-electron chi connectivity index (χ0n) is 17.7. The topological polar surface area (TPSA) is 102 Å². The molecule has 164 valence electrons. The highest BCUT2D eigenvalue weighted by molar-refractivity contribution is 6.09. The van der Waals surface area contributed by atoms with Crippen LogP contribution in [0.5, 0.6) is 5.75 Å². The molecular weight excluding hydrogens is 400 g/mol. The summed E-state index contributed by atoms with van der Waals surface area (Å²) in [5.74, 6) is -2.42. The minimum Gasteiger partial charge on any atom is -0.495 e. The fourth-order valence-electron chi connectivity index (χ4n) is 5.03. The van der Waals surface area contributed by atoms with E-state index in [-0.39, 0.29) is 41.4 Å². The van der Waals surface area contributed by atoms with Crippen molar-refractivity contribution in [1.82, 2.24) is 4.90 Å². The lowest BCUT2D eigenvalue weighted by molar-refractivity contribution is -0.162. The van der Waals surface area contributed by atoms with Crippen molar-refractivity contribution >= 4 is 29.4 Å². The van der Waals surface area contributed by atoms with Gasteiger partial charge in [-0.05, 0) is 36.3 Å². The summed E-state index contributed by atoms with van der Waals surface area (Å²) in [6.45, 7) is 2.97. The lowest BCUT2D eigenvalue weighted by atomic mass is 9.85. The Hall–Kier alpha value is -3.16. The summed E-state index contributed by atoms with van der Waals surface area (Å²) < 4.78 is 10.4. The van der Waals surface area contributed by atoms with Gasteiger partial charge in [0.2, 0.25) is 11.8 Å². The number of hydrogen-bond acceptors (Lipinski definition) is 6. The van der Waals surface area contributed by atoms with Crippen LogP contribution in [0.15, 0.2) is 36.4 Å². The molecule has 0 aromatic heterocycles. The van der Waals surface area contributed by atoms with Crippen LogP contribution in [0.3, 0.4) is 0 Å². The highest BCUT2D eigenvalue weighted by Crippen LogP contribution is 2.53. The highest BCUT2D eigenvalue weighted by Gasteiger charge is 2.61. The van der Waals surface area contributed by atoms with Crippen LogP contribution in [0.25, 0.3) is 0 Å². The van der Waals surface area contributed by atoms with Crippen molar-refractivity contribution in [2.45, 2.75) is 26.3 Å². The van der Waals surface area contributed by atoms with E-state index in [1.165, 1.54) is 7.11 Å². The molecule has 1 heterocycles. The number of para-hydroxylation sites is 2. The summed E-state index contributed by atoms with van der Waals surface area (Å²) in [7, 11) is 1.49. The molecule has 3 amide bonds. The number of ether oxygens (including phenoxy) is 2. The number of esters is 1. The van der Waals surface area contributed by atoms with Gasteiger partial charge in [-0.2, -0.15) is 0 Å². The molecule has 0 spiro atoms. The molecule has 8 heteroatoms. The molecule has 5 atom stereocenters. The molecule has 31 heavy (non-hydrogen) atoms. The Morgan fingerprint density at radius 2 is 1.71 bits per heavy atom. The number of hydrogen-bond donors (Lipinski definition) is 1. The number of nitrogens with zero attached hydrogens (tertiary/aromatic N) is 1. The van der Waals surface area contributed by atoms with E-state index in [1.807, 2.05) is 12.2 Å². The molecule has 2 bridgehead atoms. The monoisotopic (exact) mass is 426 g/mol. The zero-order chi connectivity index (χ0) is 22.3. The molecule has 2 aliphatic carbocycles. The first kappa shape index (κ1) is 21.1. The van der Waals surface area contributed by atoms with E-state index >= 15 is 0 Å². The molecule has 8 nitrogen and oxygen atoms in total. The average Bonchev–Trinajstić information content (AvgIpc) is 3.42. The number of carbonyl (C=O) groups is 4. The van der Waals surface area contributed by atoms with Gasteiger partial charge >= 0.3 is 5.97 Å². The largest absolute Gasteiger partial charge is 0.495 e. The van der Waals surface area contributed by atoms with Crippen LogP contribution >= 0.6 is 0 Å². The maximum absolute atomic E-state index is 13.1. The summed E-state index contributed by atoms with van der Waals surface area (Å²) in [6.07, 6.45) is 4.83. The maximum atomic E-state index is 13.1. The van der Waals surface area contributed by atoms with E-state index in [4.69, 9.17) is 9.47 Å². The van der Waals surface area contributed by atoms with Gasteiger partial charge in [0.1, 0.15) is 11.8 Å². The zero-order valence-corrected chi connectivity index (χ0v) is 17.7. The Balaban J connectivity index is 1.42. The standard InChI is InChI=1S/C23H26N2O6/c1-12(2)20(25-21(27)18-13-8-9-14(10-13)19(18)22(25)28)23(29)31-11-17(26)24-15-6-4-5-7-16(15)30-3/h4-9,12-14,18-20H,10-11H2,1-3H3,(H,24,26)/t13-,14-,18-,19+,20+/m0/s1. The van der Waals surface area contributed by atoms with Crippen molar-refractivity contribution in [3.05, 3.63) is 36.4 Å². The van der Waals surface area contributed by atoms with Gasteiger partial charge in [-0.25, -0.2) is 4.79 Å². The van der Waals surface area contributed by atoms with E-state index in [1.54, 1.807) is 38.1 Å². The van der Waals surface area contributed by atoms with E-state index in [0.29, 0.717) is 11.4 Å². The molecule has 1 aromatic carbocycles. The first-order chi connectivity index (χ1) is 14.8. The van der Waals surface area contributed by atoms with Gasteiger partial charge in [0.15, 0.2) is 6.61 Å². The van der Waals surface area contributed by atoms with Crippen LogP contribution in [0.1, 0.15) is 20.3 Å². The SMILES string of the molecule is COc1ccccc1NC(=O)COC(=O)[C@@H](C(C)C)N1C(=O)[C@@H]2[C@H](C1=O)[C@H]1C=C[C@H]2C1. The Kier molecular flexibility index (Phi) is 5.56. The van der Waals surface area contributed by atoms with Crippen molar-refractivity contribution in [2.24, 2.45) is 29.6 Å². The van der Waals surface area contributed by atoms with Gasteiger partial charge < -0.3 is 14.8 Å². The summed E-state index contributed by atoms with van der Waals surface area (Å²) in [4.78, 5) is 52.3. The number of carbonyl (C=O) groups excluding carboxylic acids is 4. The van der Waals surface area contributed by atoms with Gasteiger partial charge in [0.05, 0.1) is 24.6 Å². The lowest BCUT2D eigenvalue weighted by Crippen LogP contribution is -2.50. The predicted molar refractivity (Wildman–Crippen MR) is 111 cm³/mol. The molecule has 0 unspecified atom stereocenters. The summed E-state index contributed by atoms with van der Waals surface area (Å²) >= 11 is 0. The molecule has 1 aromatic rings. The molecule has 1 saturated carbocycles. The number of imide groups is 1. The smallest absolute Gasteiger partial charge is 0.330 e. The van der Waals surface area contributed by atoms with Crippen LogP contribution < -0.4 is 10.1 Å². The molecular formula is C23H26N2O6. The molecule has 2 fully saturated rings. The number of methoxy groups -OCH3 is 1.